The summed E-state index contributed by atoms with van der Waals surface area (Å²) in [6.07, 6.45) is 3.11. The Hall–Kier alpha value is -2.81. The molecule has 0 spiro atoms. The van der Waals surface area contributed by atoms with Crippen LogP contribution in [0, 0.1) is 0 Å². The number of amides is 1. The number of rotatable bonds is 7. The number of hydrogen-bond acceptors (Lipinski definition) is 2. The fourth-order valence-corrected chi connectivity index (χ4v) is 2.84. The molecule has 3 aromatic carbocycles. The first-order valence-electron chi connectivity index (χ1n) is 8.69. The molecular formula is C22H23NO2. The van der Waals surface area contributed by atoms with Crippen LogP contribution in [-0.2, 0) is 11.2 Å². The third-order valence-corrected chi connectivity index (χ3v) is 4.12. The van der Waals surface area contributed by atoms with Gasteiger partial charge in [0, 0.05) is 12.6 Å². The zero-order valence-electron chi connectivity index (χ0n) is 14.5. The average Bonchev–Trinajstić information content (AvgIpc) is 2.62. The lowest BCUT2D eigenvalue weighted by Gasteiger charge is -2.08. The van der Waals surface area contributed by atoms with Gasteiger partial charge in [0.15, 0.2) is 0 Å². The number of fused-ring (bicyclic) bond motifs is 1. The molecule has 25 heavy (non-hydrogen) atoms. The van der Waals surface area contributed by atoms with E-state index in [0.29, 0.717) is 0 Å². The maximum Gasteiger partial charge on any atom is 0.221 e. The minimum atomic E-state index is -0.0430. The smallest absolute Gasteiger partial charge is 0.221 e. The van der Waals surface area contributed by atoms with Crippen LogP contribution in [0.3, 0.4) is 0 Å². The summed E-state index contributed by atoms with van der Waals surface area (Å²) in [5.74, 6) is 0.886. The quantitative estimate of drug-likeness (QED) is 0.604. The van der Waals surface area contributed by atoms with Crippen LogP contribution < -0.4 is 10.1 Å². The van der Waals surface area contributed by atoms with Crippen molar-refractivity contribution in [1.29, 1.82) is 0 Å². The molecule has 0 aromatic heterocycles. The molecule has 3 aromatic rings. The SMILES string of the molecule is CC(=O)Nc1ccc(CCCCOc2ccc3ccccc3c2)cc1. The standard InChI is InChI=1S/C22H23NO2/c1-17(24)23-21-12-9-18(10-13-21)6-4-5-15-25-22-14-11-19-7-2-3-8-20(19)16-22/h2-3,7-14,16H,4-6,15H2,1H3,(H,23,24). The molecule has 128 valence electrons. The van der Waals surface area contributed by atoms with E-state index in [9.17, 15) is 4.79 Å². The van der Waals surface area contributed by atoms with Crippen molar-refractivity contribution in [2.75, 3.05) is 11.9 Å². The van der Waals surface area contributed by atoms with Gasteiger partial charge in [-0.15, -0.1) is 0 Å². The van der Waals surface area contributed by atoms with Gasteiger partial charge in [0.25, 0.3) is 0 Å². The van der Waals surface area contributed by atoms with Crippen molar-refractivity contribution in [3.05, 3.63) is 72.3 Å². The van der Waals surface area contributed by atoms with Crippen molar-refractivity contribution < 1.29 is 9.53 Å². The van der Waals surface area contributed by atoms with Crippen molar-refractivity contribution in [3.63, 3.8) is 0 Å². The molecule has 0 atom stereocenters. The molecule has 0 unspecified atom stereocenters. The van der Waals surface area contributed by atoms with Gasteiger partial charge in [0.1, 0.15) is 5.75 Å². The second-order valence-corrected chi connectivity index (χ2v) is 6.19. The highest BCUT2D eigenvalue weighted by molar-refractivity contribution is 5.88. The highest BCUT2D eigenvalue weighted by atomic mass is 16.5. The van der Waals surface area contributed by atoms with E-state index in [4.69, 9.17) is 4.74 Å². The fourth-order valence-electron chi connectivity index (χ4n) is 2.84. The molecular weight excluding hydrogens is 310 g/mol. The van der Waals surface area contributed by atoms with Crippen LogP contribution in [0.25, 0.3) is 10.8 Å². The van der Waals surface area contributed by atoms with Gasteiger partial charge < -0.3 is 10.1 Å². The first-order chi connectivity index (χ1) is 12.2. The third kappa shape index (κ3) is 5.08. The summed E-state index contributed by atoms with van der Waals surface area (Å²) >= 11 is 0. The van der Waals surface area contributed by atoms with Crippen molar-refractivity contribution in [2.45, 2.75) is 26.2 Å². The molecule has 0 saturated carbocycles. The summed E-state index contributed by atoms with van der Waals surface area (Å²) in [4.78, 5) is 11.0. The molecule has 1 amide bonds. The number of hydrogen-bond donors (Lipinski definition) is 1. The summed E-state index contributed by atoms with van der Waals surface area (Å²) in [5.41, 5.74) is 2.12. The zero-order chi connectivity index (χ0) is 17.5. The molecule has 0 aliphatic heterocycles. The van der Waals surface area contributed by atoms with Crippen LogP contribution in [0.5, 0.6) is 5.75 Å². The number of anilines is 1. The van der Waals surface area contributed by atoms with E-state index in [1.807, 2.05) is 30.3 Å². The fraction of sp³-hybridized carbons (Fsp3) is 0.227. The topological polar surface area (TPSA) is 38.3 Å². The van der Waals surface area contributed by atoms with Gasteiger partial charge in [-0.25, -0.2) is 0 Å². The van der Waals surface area contributed by atoms with E-state index < -0.39 is 0 Å². The molecule has 3 nitrogen and oxygen atoms in total. The summed E-state index contributed by atoms with van der Waals surface area (Å²) in [6.45, 7) is 2.24. The first kappa shape index (κ1) is 17.0. The van der Waals surface area contributed by atoms with Crippen molar-refractivity contribution in [1.82, 2.24) is 0 Å². The summed E-state index contributed by atoms with van der Waals surface area (Å²) in [6, 6.07) is 22.5. The summed E-state index contributed by atoms with van der Waals surface area (Å²) in [7, 11) is 0. The molecule has 0 aliphatic carbocycles. The Morgan fingerprint density at radius 3 is 2.44 bits per heavy atom. The van der Waals surface area contributed by atoms with E-state index >= 15 is 0 Å². The van der Waals surface area contributed by atoms with Gasteiger partial charge in [-0.2, -0.15) is 0 Å². The van der Waals surface area contributed by atoms with Crippen molar-refractivity contribution in [2.24, 2.45) is 0 Å². The average molecular weight is 333 g/mol. The van der Waals surface area contributed by atoms with Gasteiger partial charge >= 0.3 is 0 Å². The lowest BCUT2D eigenvalue weighted by atomic mass is 10.1. The molecule has 1 N–H and O–H groups in total. The minimum Gasteiger partial charge on any atom is -0.494 e. The second-order valence-electron chi connectivity index (χ2n) is 6.19. The van der Waals surface area contributed by atoms with E-state index in [0.717, 1.165) is 37.3 Å². The van der Waals surface area contributed by atoms with Crippen LogP contribution in [0.15, 0.2) is 66.7 Å². The van der Waals surface area contributed by atoms with Crippen molar-refractivity contribution >= 4 is 22.4 Å². The van der Waals surface area contributed by atoms with E-state index in [2.05, 4.69) is 41.7 Å². The Balaban J connectivity index is 1.41. The van der Waals surface area contributed by atoms with Gasteiger partial charge in [-0.3, -0.25) is 4.79 Å². The second kappa shape index (κ2) is 8.34. The molecule has 0 radical (unpaired) electrons. The molecule has 0 bridgehead atoms. The normalized spacial score (nSPS) is 10.6. The number of carbonyl (C=O) groups is 1. The molecule has 0 saturated heterocycles. The molecule has 0 fully saturated rings. The zero-order valence-corrected chi connectivity index (χ0v) is 14.5. The highest BCUT2D eigenvalue weighted by Crippen LogP contribution is 2.21. The molecule has 3 heteroatoms. The maximum absolute atomic E-state index is 11.0. The number of nitrogens with one attached hydrogen (secondary N) is 1. The summed E-state index contributed by atoms with van der Waals surface area (Å²) in [5, 5.41) is 5.22. The number of unbranched alkanes of at least 4 members (excludes halogenated alkanes) is 1. The van der Waals surface area contributed by atoms with Gasteiger partial charge in [0.05, 0.1) is 6.61 Å². The summed E-state index contributed by atoms with van der Waals surface area (Å²) < 4.78 is 5.87. The van der Waals surface area contributed by atoms with E-state index in [1.165, 1.54) is 23.3 Å². The Bertz CT molecular complexity index is 840. The number of ether oxygens (including phenoxy) is 1. The van der Waals surface area contributed by atoms with Gasteiger partial charge in [-0.1, -0.05) is 42.5 Å². The molecule has 0 aliphatic rings. The lowest BCUT2D eigenvalue weighted by Crippen LogP contribution is -2.05. The van der Waals surface area contributed by atoms with Crippen LogP contribution >= 0.6 is 0 Å². The van der Waals surface area contributed by atoms with Crippen LogP contribution in [-0.4, -0.2) is 12.5 Å². The Labute approximate surface area is 148 Å². The van der Waals surface area contributed by atoms with Gasteiger partial charge in [-0.05, 0) is 59.9 Å². The van der Waals surface area contributed by atoms with E-state index in [1.54, 1.807) is 0 Å². The maximum atomic E-state index is 11.0. The Morgan fingerprint density at radius 1 is 0.920 bits per heavy atom. The lowest BCUT2D eigenvalue weighted by molar-refractivity contribution is -0.114. The van der Waals surface area contributed by atoms with Crippen molar-refractivity contribution in [3.8, 4) is 5.75 Å². The predicted octanol–water partition coefficient (Wildman–Crippen LogP) is 5.20. The van der Waals surface area contributed by atoms with Crippen LogP contribution in [0.4, 0.5) is 5.69 Å². The number of aryl methyl sites for hydroxylation is 1. The number of benzene rings is 3. The Morgan fingerprint density at radius 2 is 1.68 bits per heavy atom. The van der Waals surface area contributed by atoms with Gasteiger partial charge in [0.2, 0.25) is 5.91 Å². The predicted molar refractivity (Wildman–Crippen MR) is 103 cm³/mol. The number of carbonyl (C=O) groups excluding carboxylic acids is 1. The highest BCUT2D eigenvalue weighted by Gasteiger charge is 1.99. The van der Waals surface area contributed by atoms with Crippen LogP contribution in [0.2, 0.25) is 0 Å². The molecule has 0 heterocycles. The first-order valence-corrected chi connectivity index (χ1v) is 8.69. The molecule has 3 rings (SSSR count). The van der Waals surface area contributed by atoms with E-state index in [-0.39, 0.29) is 5.91 Å². The largest absolute Gasteiger partial charge is 0.494 e. The third-order valence-electron chi connectivity index (χ3n) is 4.12. The van der Waals surface area contributed by atoms with Crippen LogP contribution in [0.1, 0.15) is 25.3 Å². The monoisotopic (exact) mass is 333 g/mol. The Kier molecular flexibility index (Phi) is 5.68. The minimum absolute atomic E-state index is 0.0430.